The second kappa shape index (κ2) is 7.10. The van der Waals surface area contributed by atoms with E-state index in [1.54, 1.807) is 55.2 Å². The number of rotatable bonds is 5. The van der Waals surface area contributed by atoms with Gasteiger partial charge in [-0.1, -0.05) is 12.1 Å². The summed E-state index contributed by atoms with van der Waals surface area (Å²) in [4.78, 5) is 12.7. The summed E-state index contributed by atoms with van der Waals surface area (Å²) in [5.41, 5.74) is 2.97. The topological polar surface area (TPSA) is 68.5 Å². The molecule has 4 rings (SSSR count). The number of pyridine rings is 1. The molecule has 3 heterocycles. The number of nitrogens with zero attached hydrogens (tertiary/aromatic N) is 5. The molecule has 0 bridgehead atoms. The molecule has 0 atom stereocenters. The molecule has 128 valence electrons. The van der Waals surface area contributed by atoms with Crippen LogP contribution < -0.4 is 5.32 Å². The summed E-state index contributed by atoms with van der Waals surface area (Å²) in [6.07, 6.45) is 8.56. The average Bonchev–Trinajstić information content (AvgIpc) is 3.18. The zero-order valence-corrected chi connectivity index (χ0v) is 13.7. The van der Waals surface area contributed by atoms with E-state index in [0.29, 0.717) is 23.9 Å². The fraction of sp³-hybridized carbons (Fsp3) is 0.0526. The van der Waals surface area contributed by atoms with E-state index in [2.05, 4.69) is 25.4 Å². The maximum Gasteiger partial charge on any atom is 0.223 e. The monoisotopic (exact) mass is 346 g/mol. The van der Waals surface area contributed by atoms with Gasteiger partial charge in [0.1, 0.15) is 11.5 Å². The van der Waals surface area contributed by atoms with Crippen molar-refractivity contribution >= 4 is 5.95 Å². The molecule has 1 N–H and O–H groups in total. The van der Waals surface area contributed by atoms with Crippen LogP contribution in [0.2, 0.25) is 0 Å². The standard InChI is InChI=1S/C19H15FN6/c20-16-3-1-2-4-18(16)26-13-15(12-24-26)17-7-10-22-19(25-17)23-11-14-5-8-21-9-6-14/h1-10,12-13H,11H2,(H,22,23,25). The number of benzene rings is 1. The summed E-state index contributed by atoms with van der Waals surface area (Å²) in [6.45, 7) is 0.598. The second-order valence-corrected chi connectivity index (χ2v) is 5.60. The summed E-state index contributed by atoms with van der Waals surface area (Å²) in [5.74, 6) is 0.183. The van der Waals surface area contributed by atoms with Crippen LogP contribution in [0.15, 0.2) is 73.4 Å². The molecule has 0 radical (unpaired) electrons. The predicted molar refractivity (Wildman–Crippen MR) is 96.1 cm³/mol. The molecule has 0 amide bonds. The highest BCUT2D eigenvalue weighted by Crippen LogP contribution is 2.20. The molecule has 26 heavy (non-hydrogen) atoms. The van der Waals surface area contributed by atoms with Gasteiger partial charge in [-0.2, -0.15) is 5.10 Å². The molecule has 6 nitrogen and oxygen atoms in total. The molecule has 0 saturated heterocycles. The van der Waals surface area contributed by atoms with Crippen molar-refractivity contribution in [2.24, 2.45) is 0 Å². The van der Waals surface area contributed by atoms with Crippen molar-refractivity contribution < 1.29 is 4.39 Å². The Kier molecular flexibility index (Phi) is 4.34. The Morgan fingerprint density at radius 1 is 1.00 bits per heavy atom. The van der Waals surface area contributed by atoms with Crippen molar-refractivity contribution in [3.63, 3.8) is 0 Å². The number of para-hydroxylation sites is 1. The first-order chi connectivity index (χ1) is 12.8. The maximum absolute atomic E-state index is 13.9. The van der Waals surface area contributed by atoms with E-state index in [0.717, 1.165) is 11.1 Å². The number of hydrogen-bond acceptors (Lipinski definition) is 5. The highest BCUT2D eigenvalue weighted by atomic mass is 19.1. The Hall–Kier alpha value is -3.61. The Morgan fingerprint density at radius 3 is 2.69 bits per heavy atom. The molecule has 0 aliphatic carbocycles. The fourth-order valence-corrected chi connectivity index (χ4v) is 2.51. The molecule has 7 heteroatoms. The highest BCUT2D eigenvalue weighted by Gasteiger charge is 2.09. The van der Waals surface area contributed by atoms with Crippen LogP contribution in [0.25, 0.3) is 16.9 Å². The van der Waals surface area contributed by atoms with Crippen LogP contribution in [0, 0.1) is 5.82 Å². The summed E-state index contributed by atoms with van der Waals surface area (Å²) in [6, 6.07) is 12.1. The molecular formula is C19H15FN6. The lowest BCUT2D eigenvalue weighted by molar-refractivity contribution is 0.611. The van der Waals surface area contributed by atoms with E-state index in [9.17, 15) is 4.39 Å². The molecule has 1 aromatic carbocycles. The van der Waals surface area contributed by atoms with Crippen LogP contribution in [-0.4, -0.2) is 24.7 Å². The predicted octanol–water partition coefficient (Wildman–Crippen LogP) is 3.48. The minimum absolute atomic E-state index is 0.329. The summed E-state index contributed by atoms with van der Waals surface area (Å²) >= 11 is 0. The van der Waals surface area contributed by atoms with Gasteiger partial charge in [-0.15, -0.1) is 0 Å². The van der Waals surface area contributed by atoms with Crippen molar-refractivity contribution in [1.29, 1.82) is 0 Å². The third kappa shape index (κ3) is 3.41. The van der Waals surface area contributed by atoms with Gasteiger partial charge in [-0.3, -0.25) is 4.98 Å². The van der Waals surface area contributed by atoms with E-state index in [1.807, 2.05) is 12.1 Å². The first-order valence-electron chi connectivity index (χ1n) is 8.05. The number of aromatic nitrogens is 5. The summed E-state index contributed by atoms with van der Waals surface area (Å²) in [5, 5.41) is 7.42. The van der Waals surface area contributed by atoms with E-state index in [1.165, 1.54) is 10.7 Å². The van der Waals surface area contributed by atoms with Gasteiger partial charge >= 0.3 is 0 Å². The lowest BCUT2D eigenvalue weighted by atomic mass is 10.2. The normalized spacial score (nSPS) is 10.7. The minimum atomic E-state index is -0.329. The number of nitrogens with one attached hydrogen (secondary N) is 1. The molecule has 0 aliphatic heterocycles. The summed E-state index contributed by atoms with van der Waals surface area (Å²) < 4.78 is 15.4. The fourth-order valence-electron chi connectivity index (χ4n) is 2.51. The van der Waals surface area contributed by atoms with Gasteiger partial charge in [0.25, 0.3) is 0 Å². The Balaban J connectivity index is 1.54. The lowest BCUT2D eigenvalue weighted by Gasteiger charge is -2.05. The Bertz CT molecular complexity index is 1020. The van der Waals surface area contributed by atoms with Crippen molar-refractivity contribution in [3.8, 4) is 16.9 Å². The van der Waals surface area contributed by atoms with E-state index >= 15 is 0 Å². The van der Waals surface area contributed by atoms with Crippen molar-refractivity contribution in [1.82, 2.24) is 24.7 Å². The van der Waals surface area contributed by atoms with Gasteiger partial charge in [0.2, 0.25) is 5.95 Å². The molecule has 0 aliphatic rings. The second-order valence-electron chi connectivity index (χ2n) is 5.60. The van der Waals surface area contributed by atoms with E-state index in [4.69, 9.17) is 0 Å². The number of halogens is 1. The molecular weight excluding hydrogens is 331 g/mol. The first kappa shape index (κ1) is 15.9. The van der Waals surface area contributed by atoms with Crippen molar-refractivity contribution in [3.05, 3.63) is 84.8 Å². The van der Waals surface area contributed by atoms with Gasteiger partial charge in [0, 0.05) is 36.9 Å². The van der Waals surface area contributed by atoms with E-state index in [-0.39, 0.29) is 5.82 Å². The Morgan fingerprint density at radius 2 is 1.85 bits per heavy atom. The molecule has 3 aromatic heterocycles. The molecule has 0 spiro atoms. The van der Waals surface area contributed by atoms with Gasteiger partial charge < -0.3 is 5.32 Å². The highest BCUT2D eigenvalue weighted by molar-refractivity contribution is 5.58. The van der Waals surface area contributed by atoms with Gasteiger partial charge in [0.15, 0.2) is 0 Å². The quantitative estimate of drug-likeness (QED) is 0.599. The smallest absolute Gasteiger partial charge is 0.223 e. The van der Waals surface area contributed by atoms with Crippen LogP contribution in [0.1, 0.15) is 5.56 Å². The van der Waals surface area contributed by atoms with Crippen LogP contribution in [0.3, 0.4) is 0 Å². The molecule has 0 saturated carbocycles. The van der Waals surface area contributed by atoms with Crippen LogP contribution in [0.4, 0.5) is 10.3 Å². The van der Waals surface area contributed by atoms with Crippen molar-refractivity contribution in [2.75, 3.05) is 5.32 Å². The van der Waals surface area contributed by atoms with E-state index < -0.39 is 0 Å². The SMILES string of the molecule is Fc1ccccc1-n1cc(-c2ccnc(NCc3ccncc3)n2)cn1. The third-order valence-electron chi connectivity index (χ3n) is 3.83. The maximum atomic E-state index is 13.9. The van der Waals surface area contributed by atoms with Crippen molar-refractivity contribution in [2.45, 2.75) is 6.54 Å². The molecule has 0 fully saturated rings. The zero-order chi connectivity index (χ0) is 17.8. The van der Waals surface area contributed by atoms with Gasteiger partial charge in [-0.25, -0.2) is 19.0 Å². The molecule has 4 aromatic rings. The van der Waals surface area contributed by atoms with Crippen LogP contribution >= 0.6 is 0 Å². The number of anilines is 1. The largest absolute Gasteiger partial charge is 0.350 e. The Labute approximate surface area is 149 Å². The molecule has 0 unspecified atom stereocenters. The van der Waals surface area contributed by atoms with Gasteiger partial charge in [0.05, 0.1) is 11.9 Å². The number of hydrogen-bond donors (Lipinski definition) is 1. The minimum Gasteiger partial charge on any atom is -0.350 e. The zero-order valence-electron chi connectivity index (χ0n) is 13.7. The van der Waals surface area contributed by atoms with Crippen LogP contribution in [0.5, 0.6) is 0 Å². The first-order valence-corrected chi connectivity index (χ1v) is 8.05. The van der Waals surface area contributed by atoms with Crippen LogP contribution in [-0.2, 0) is 6.54 Å². The van der Waals surface area contributed by atoms with Gasteiger partial charge in [-0.05, 0) is 35.9 Å². The third-order valence-corrected chi connectivity index (χ3v) is 3.83. The average molecular weight is 346 g/mol. The summed E-state index contributed by atoms with van der Waals surface area (Å²) in [7, 11) is 0. The lowest BCUT2D eigenvalue weighted by Crippen LogP contribution is -2.03.